The second-order valence-electron chi connectivity index (χ2n) is 5.90. The number of hydrogen-bond donors (Lipinski definition) is 2. The van der Waals surface area contributed by atoms with Crippen molar-refractivity contribution < 1.29 is 4.74 Å². The van der Waals surface area contributed by atoms with Crippen LogP contribution < -0.4 is 4.74 Å². The Morgan fingerprint density at radius 2 is 2.04 bits per heavy atom. The molecule has 5 aromatic heterocycles. The summed E-state index contributed by atoms with van der Waals surface area (Å²) in [5.41, 5.74) is 5.81. The normalized spacial score (nSPS) is 11.3. The largest absolute Gasteiger partial charge is 0.495 e. The van der Waals surface area contributed by atoms with Crippen molar-refractivity contribution in [1.82, 2.24) is 30.1 Å². The molecule has 5 rings (SSSR count). The van der Waals surface area contributed by atoms with Crippen LogP contribution in [0.1, 0.15) is 0 Å². The molecule has 2 N–H and O–H groups in total. The van der Waals surface area contributed by atoms with Gasteiger partial charge >= 0.3 is 0 Å². The summed E-state index contributed by atoms with van der Waals surface area (Å²) in [6, 6.07) is 11.8. The van der Waals surface area contributed by atoms with Gasteiger partial charge in [-0.05, 0) is 36.4 Å². The zero-order chi connectivity index (χ0) is 17.5. The second kappa shape index (κ2) is 5.66. The Hall–Kier alpha value is -3.74. The molecule has 0 aromatic carbocycles. The topological polar surface area (TPSA) is 92.4 Å². The number of fused-ring (bicyclic) bond motifs is 2. The van der Waals surface area contributed by atoms with Gasteiger partial charge in [0.05, 0.1) is 30.2 Å². The Morgan fingerprint density at radius 1 is 1.08 bits per heavy atom. The van der Waals surface area contributed by atoms with E-state index in [2.05, 4.69) is 25.1 Å². The molecule has 0 aliphatic rings. The predicted molar refractivity (Wildman–Crippen MR) is 98.8 cm³/mol. The number of pyridine rings is 3. The number of H-pyrrole nitrogens is 2. The maximum absolute atomic E-state index is 5.25. The molecule has 5 aromatic rings. The lowest BCUT2D eigenvalue weighted by molar-refractivity contribution is 0.413. The zero-order valence-electron chi connectivity index (χ0n) is 13.9. The van der Waals surface area contributed by atoms with Crippen LogP contribution in [-0.4, -0.2) is 37.2 Å². The Morgan fingerprint density at radius 3 is 2.92 bits per heavy atom. The first kappa shape index (κ1) is 14.6. The third kappa shape index (κ3) is 2.29. The molecule has 0 bridgehead atoms. The third-order valence-electron chi connectivity index (χ3n) is 4.30. The molecule has 26 heavy (non-hydrogen) atoms. The maximum atomic E-state index is 5.25. The highest BCUT2D eigenvalue weighted by Gasteiger charge is 2.14. The van der Waals surface area contributed by atoms with Crippen molar-refractivity contribution in [3.63, 3.8) is 0 Å². The lowest BCUT2D eigenvalue weighted by Gasteiger charge is -2.04. The van der Waals surface area contributed by atoms with Crippen LogP contribution in [0.4, 0.5) is 0 Å². The molecule has 0 saturated heterocycles. The number of nitrogens with one attached hydrogen (secondary N) is 2. The minimum Gasteiger partial charge on any atom is -0.495 e. The smallest absolute Gasteiger partial charge is 0.137 e. The van der Waals surface area contributed by atoms with Crippen molar-refractivity contribution in [2.75, 3.05) is 7.11 Å². The number of hydrogen-bond acceptors (Lipinski definition) is 5. The molecule has 0 spiro atoms. The average molecular weight is 342 g/mol. The van der Waals surface area contributed by atoms with Crippen molar-refractivity contribution in [3.8, 4) is 28.4 Å². The number of methoxy groups -OCH3 is 1. The third-order valence-corrected chi connectivity index (χ3v) is 4.30. The maximum Gasteiger partial charge on any atom is 0.137 e. The molecule has 0 amide bonds. The van der Waals surface area contributed by atoms with Crippen LogP contribution in [0.15, 0.2) is 55.0 Å². The first-order valence-electron chi connectivity index (χ1n) is 8.10. The van der Waals surface area contributed by atoms with Gasteiger partial charge in [-0.2, -0.15) is 5.10 Å². The number of rotatable bonds is 3. The lowest BCUT2D eigenvalue weighted by atomic mass is 10.1. The summed E-state index contributed by atoms with van der Waals surface area (Å²) in [6.07, 6.45) is 5.20. The first-order valence-corrected chi connectivity index (χ1v) is 8.10. The van der Waals surface area contributed by atoms with E-state index in [1.54, 1.807) is 25.7 Å². The van der Waals surface area contributed by atoms with E-state index in [4.69, 9.17) is 9.72 Å². The molecule has 0 unspecified atom stereocenters. The summed E-state index contributed by atoms with van der Waals surface area (Å²) in [6.45, 7) is 0. The van der Waals surface area contributed by atoms with Crippen LogP contribution >= 0.6 is 0 Å². The monoisotopic (exact) mass is 342 g/mol. The van der Waals surface area contributed by atoms with Gasteiger partial charge in [0.1, 0.15) is 22.6 Å². The lowest BCUT2D eigenvalue weighted by Crippen LogP contribution is -1.89. The molecular formula is C19H14N6O. The molecule has 7 heteroatoms. The number of aromatic nitrogens is 6. The van der Waals surface area contributed by atoms with Gasteiger partial charge < -0.3 is 9.72 Å². The van der Waals surface area contributed by atoms with Gasteiger partial charge in [-0.1, -0.05) is 0 Å². The molecule has 0 radical (unpaired) electrons. The minimum absolute atomic E-state index is 0.693. The van der Waals surface area contributed by atoms with Gasteiger partial charge in [0.15, 0.2) is 0 Å². The van der Waals surface area contributed by atoms with Crippen LogP contribution in [-0.2, 0) is 0 Å². The molecule has 0 fully saturated rings. The van der Waals surface area contributed by atoms with E-state index in [-0.39, 0.29) is 0 Å². The Kier molecular flexibility index (Phi) is 3.18. The minimum atomic E-state index is 0.693. The van der Waals surface area contributed by atoms with E-state index in [9.17, 15) is 0 Å². The van der Waals surface area contributed by atoms with E-state index >= 15 is 0 Å². The fourth-order valence-electron chi connectivity index (χ4n) is 3.00. The van der Waals surface area contributed by atoms with Crippen molar-refractivity contribution in [1.29, 1.82) is 0 Å². The highest BCUT2D eigenvalue weighted by Crippen LogP contribution is 2.29. The fraction of sp³-hybridized carbons (Fsp3) is 0.0526. The summed E-state index contributed by atoms with van der Waals surface area (Å²) in [5, 5.41) is 8.52. The summed E-state index contributed by atoms with van der Waals surface area (Å²) >= 11 is 0. The van der Waals surface area contributed by atoms with Gasteiger partial charge in [0, 0.05) is 23.3 Å². The summed E-state index contributed by atoms with van der Waals surface area (Å²) in [7, 11) is 1.62. The number of ether oxygens (including phenoxy) is 1. The molecular weight excluding hydrogens is 328 g/mol. The zero-order valence-corrected chi connectivity index (χ0v) is 13.9. The van der Waals surface area contributed by atoms with Crippen LogP contribution in [0.2, 0.25) is 0 Å². The molecule has 0 aliphatic carbocycles. The summed E-state index contributed by atoms with van der Waals surface area (Å²) in [5.74, 6) is 0.693. The van der Waals surface area contributed by atoms with Crippen molar-refractivity contribution >= 4 is 22.1 Å². The number of nitrogens with zero attached hydrogens (tertiary/aromatic N) is 4. The summed E-state index contributed by atoms with van der Waals surface area (Å²) < 4.78 is 5.25. The van der Waals surface area contributed by atoms with E-state index in [0.717, 1.165) is 44.7 Å². The highest BCUT2D eigenvalue weighted by atomic mass is 16.5. The standard InChI is InChI=1S/C19H14N6O/c1-26-13-7-12(9-20-10-13)14-4-5-15-17(22-14)18(25-24-15)16-8-11-3-2-6-21-19(11)23-16/h2-10H,1H3,(H,21,23)(H,24,25). The van der Waals surface area contributed by atoms with Gasteiger partial charge in [0.25, 0.3) is 0 Å². The Bertz CT molecular complexity index is 1210. The van der Waals surface area contributed by atoms with Gasteiger partial charge in [-0.25, -0.2) is 9.97 Å². The number of aromatic amines is 2. The fourth-order valence-corrected chi connectivity index (χ4v) is 3.00. The molecule has 7 nitrogen and oxygen atoms in total. The first-order chi connectivity index (χ1) is 12.8. The second-order valence-corrected chi connectivity index (χ2v) is 5.90. The van der Waals surface area contributed by atoms with E-state index in [1.165, 1.54) is 0 Å². The molecule has 126 valence electrons. The van der Waals surface area contributed by atoms with Gasteiger partial charge in [-0.3, -0.25) is 10.1 Å². The van der Waals surface area contributed by atoms with Crippen LogP contribution in [0, 0.1) is 0 Å². The quantitative estimate of drug-likeness (QED) is 0.523. The van der Waals surface area contributed by atoms with E-state index < -0.39 is 0 Å². The molecule has 0 aliphatic heterocycles. The average Bonchev–Trinajstić information content (AvgIpc) is 3.31. The van der Waals surface area contributed by atoms with E-state index in [0.29, 0.717) is 5.75 Å². The van der Waals surface area contributed by atoms with Crippen molar-refractivity contribution in [2.24, 2.45) is 0 Å². The van der Waals surface area contributed by atoms with Gasteiger partial charge in [0.2, 0.25) is 0 Å². The van der Waals surface area contributed by atoms with Crippen LogP contribution in [0.3, 0.4) is 0 Å². The van der Waals surface area contributed by atoms with Crippen molar-refractivity contribution in [3.05, 3.63) is 55.0 Å². The highest BCUT2D eigenvalue weighted by molar-refractivity contribution is 5.93. The SMILES string of the molecule is COc1cncc(-c2ccc3[nH]nc(-c4cc5cccnc5[nH]4)c3n2)c1. The Labute approximate surface area is 148 Å². The van der Waals surface area contributed by atoms with E-state index in [1.807, 2.05) is 36.4 Å². The molecule has 0 saturated carbocycles. The molecule has 5 heterocycles. The Balaban J connectivity index is 1.67. The predicted octanol–water partition coefficient (Wildman–Crippen LogP) is 3.57. The van der Waals surface area contributed by atoms with Crippen LogP contribution in [0.25, 0.3) is 44.7 Å². The molecule has 0 atom stereocenters. The van der Waals surface area contributed by atoms with Crippen LogP contribution in [0.5, 0.6) is 5.75 Å². The van der Waals surface area contributed by atoms with Crippen molar-refractivity contribution in [2.45, 2.75) is 0 Å². The van der Waals surface area contributed by atoms with Gasteiger partial charge in [-0.15, -0.1) is 0 Å². The summed E-state index contributed by atoms with van der Waals surface area (Å²) in [4.78, 5) is 16.6.